The van der Waals surface area contributed by atoms with Crippen LogP contribution in [0.1, 0.15) is 11.3 Å². The highest BCUT2D eigenvalue weighted by Crippen LogP contribution is 2.29. The molecule has 0 aliphatic heterocycles. The predicted octanol–water partition coefficient (Wildman–Crippen LogP) is 3.10. The minimum atomic E-state index is 0.130. The van der Waals surface area contributed by atoms with E-state index in [0.29, 0.717) is 10.8 Å². The van der Waals surface area contributed by atoms with Crippen LogP contribution in [0.4, 0.5) is 0 Å². The van der Waals surface area contributed by atoms with Gasteiger partial charge in [0, 0.05) is 12.4 Å². The Kier molecular flexibility index (Phi) is 3.22. The van der Waals surface area contributed by atoms with Crippen molar-refractivity contribution in [2.45, 2.75) is 6.92 Å². The average Bonchev–Trinajstić information content (AvgIpc) is 2.34. The summed E-state index contributed by atoms with van der Waals surface area (Å²) in [6, 6.07) is 7.29. The molecule has 4 nitrogen and oxygen atoms in total. The second-order valence-electron chi connectivity index (χ2n) is 3.36. The Bertz CT molecular complexity index is 593. The maximum absolute atomic E-state index is 8.85. The number of nitriles is 1. The Labute approximate surface area is 103 Å². The number of nitrogens with zero attached hydrogens (tertiary/aromatic N) is 3. The molecule has 84 valence electrons. The van der Waals surface area contributed by atoms with Gasteiger partial charge in [-0.25, -0.2) is 9.97 Å². The van der Waals surface area contributed by atoms with Crippen LogP contribution in [0.5, 0.6) is 11.6 Å². The van der Waals surface area contributed by atoms with E-state index in [1.54, 1.807) is 12.1 Å². The molecule has 2 rings (SSSR count). The summed E-state index contributed by atoms with van der Waals surface area (Å²) in [4.78, 5) is 7.80. The maximum Gasteiger partial charge on any atom is 0.256 e. The van der Waals surface area contributed by atoms with Crippen LogP contribution in [-0.2, 0) is 0 Å². The summed E-state index contributed by atoms with van der Waals surface area (Å²) in [5, 5.41) is 9.32. The minimum Gasteiger partial charge on any atom is -0.435 e. The number of hydrogen-bond acceptors (Lipinski definition) is 4. The van der Waals surface area contributed by atoms with Crippen molar-refractivity contribution < 1.29 is 4.74 Å². The van der Waals surface area contributed by atoms with Crippen molar-refractivity contribution >= 4 is 11.6 Å². The van der Waals surface area contributed by atoms with Crippen molar-refractivity contribution in [3.8, 4) is 17.7 Å². The van der Waals surface area contributed by atoms with Gasteiger partial charge in [-0.15, -0.1) is 0 Å². The number of aryl methyl sites for hydroxylation is 1. The molecule has 0 radical (unpaired) electrons. The van der Waals surface area contributed by atoms with Crippen LogP contribution in [0.3, 0.4) is 0 Å². The maximum atomic E-state index is 8.85. The fourth-order valence-electron chi connectivity index (χ4n) is 1.27. The third-order valence-electron chi connectivity index (χ3n) is 2.06. The van der Waals surface area contributed by atoms with Gasteiger partial charge in [0.15, 0.2) is 0 Å². The SMILES string of the molecule is Cc1ccc(Cl)c(Oc2nccnc2C#N)c1. The second-order valence-corrected chi connectivity index (χ2v) is 3.77. The molecule has 0 unspecified atom stereocenters. The van der Waals surface area contributed by atoms with Gasteiger partial charge in [0.05, 0.1) is 5.02 Å². The van der Waals surface area contributed by atoms with Crippen LogP contribution >= 0.6 is 11.6 Å². The van der Waals surface area contributed by atoms with E-state index in [-0.39, 0.29) is 11.6 Å². The minimum absolute atomic E-state index is 0.130. The Hall–Kier alpha value is -2.12. The van der Waals surface area contributed by atoms with Crippen molar-refractivity contribution in [3.05, 3.63) is 46.9 Å². The number of rotatable bonds is 2. The molecule has 0 atom stereocenters. The van der Waals surface area contributed by atoms with Crippen molar-refractivity contribution in [1.82, 2.24) is 9.97 Å². The molecule has 17 heavy (non-hydrogen) atoms. The molecule has 1 aromatic heterocycles. The summed E-state index contributed by atoms with van der Waals surface area (Å²) in [6.45, 7) is 1.92. The van der Waals surface area contributed by atoms with E-state index in [0.717, 1.165) is 5.56 Å². The largest absolute Gasteiger partial charge is 0.435 e. The van der Waals surface area contributed by atoms with Crippen LogP contribution in [0.25, 0.3) is 0 Å². The fourth-order valence-corrected chi connectivity index (χ4v) is 1.43. The van der Waals surface area contributed by atoms with Crippen molar-refractivity contribution in [2.75, 3.05) is 0 Å². The lowest BCUT2D eigenvalue weighted by molar-refractivity contribution is 0.458. The number of halogens is 1. The van der Waals surface area contributed by atoms with Gasteiger partial charge in [0.25, 0.3) is 5.88 Å². The van der Waals surface area contributed by atoms with Gasteiger partial charge in [-0.1, -0.05) is 17.7 Å². The first kappa shape index (κ1) is 11.4. The summed E-state index contributed by atoms with van der Waals surface area (Å²) < 4.78 is 5.48. The molecule has 0 aliphatic rings. The second kappa shape index (κ2) is 4.81. The zero-order chi connectivity index (χ0) is 12.3. The highest BCUT2D eigenvalue weighted by atomic mass is 35.5. The lowest BCUT2D eigenvalue weighted by atomic mass is 10.2. The van der Waals surface area contributed by atoms with Gasteiger partial charge < -0.3 is 4.74 Å². The lowest BCUT2D eigenvalue weighted by Crippen LogP contribution is -1.94. The zero-order valence-corrected chi connectivity index (χ0v) is 9.77. The molecule has 0 N–H and O–H groups in total. The van der Waals surface area contributed by atoms with Gasteiger partial charge in [0.1, 0.15) is 11.8 Å². The van der Waals surface area contributed by atoms with Crippen LogP contribution in [0.2, 0.25) is 5.02 Å². The summed E-state index contributed by atoms with van der Waals surface area (Å²) >= 11 is 5.99. The molecule has 1 aromatic carbocycles. The fraction of sp³-hybridized carbons (Fsp3) is 0.0833. The topological polar surface area (TPSA) is 58.8 Å². The van der Waals surface area contributed by atoms with E-state index in [4.69, 9.17) is 21.6 Å². The van der Waals surface area contributed by atoms with E-state index in [2.05, 4.69) is 9.97 Å². The molecule has 0 saturated carbocycles. The summed E-state index contributed by atoms with van der Waals surface area (Å²) in [5.41, 5.74) is 1.14. The third-order valence-corrected chi connectivity index (χ3v) is 2.38. The molecular formula is C12H8ClN3O. The first-order valence-corrected chi connectivity index (χ1v) is 5.23. The summed E-state index contributed by atoms with van der Waals surface area (Å²) in [6.07, 6.45) is 2.89. The van der Waals surface area contributed by atoms with Gasteiger partial charge in [0.2, 0.25) is 5.69 Å². The highest BCUT2D eigenvalue weighted by molar-refractivity contribution is 6.32. The molecule has 5 heteroatoms. The Morgan fingerprint density at radius 2 is 2.06 bits per heavy atom. The summed E-state index contributed by atoms with van der Waals surface area (Å²) in [5.74, 6) is 0.617. The molecule has 0 saturated heterocycles. The molecular weight excluding hydrogens is 238 g/mol. The monoisotopic (exact) mass is 245 g/mol. The third kappa shape index (κ3) is 2.52. The molecule has 0 aliphatic carbocycles. The van der Waals surface area contributed by atoms with E-state index in [9.17, 15) is 0 Å². The van der Waals surface area contributed by atoms with Crippen LogP contribution < -0.4 is 4.74 Å². The molecule has 2 aromatic rings. The van der Waals surface area contributed by atoms with Gasteiger partial charge in [-0.3, -0.25) is 0 Å². The molecule has 0 amide bonds. The van der Waals surface area contributed by atoms with Crippen LogP contribution in [0.15, 0.2) is 30.6 Å². The van der Waals surface area contributed by atoms with Crippen molar-refractivity contribution in [2.24, 2.45) is 0 Å². The number of hydrogen-bond donors (Lipinski definition) is 0. The number of aromatic nitrogens is 2. The first-order valence-electron chi connectivity index (χ1n) is 4.86. The van der Waals surface area contributed by atoms with Gasteiger partial charge >= 0.3 is 0 Å². The van der Waals surface area contributed by atoms with Crippen molar-refractivity contribution in [3.63, 3.8) is 0 Å². The van der Waals surface area contributed by atoms with E-state index < -0.39 is 0 Å². The lowest BCUT2D eigenvalue weighted by Gasteiger charge is -2.07. The van der Waals surface area contributed by atoms with E-state index in [1.807, 2.05) is 19.1 Å². The Balaban J connectivity index is 2.38. The molecule has 0 bridgehead atoms. The van der Waals surface area contributed by atoms with Crippen LogP contribution in [0, 0.1) is 18.3 Å². The summed E-state index contributed by atoms with van der Waals surface area (Å²) in [7, 11) is 0. The standard InChI is InChI=1S/C12H8ClN3O/c1-8-2-3-9(13)11(6-8)17-12-10(7-14)15-4-5-16-12/h2-6H,1H3. The normalized spacial score (nSPS) is 9.71. The zero-order valence-electron chi connectivity index (χ0n) is 9.01. The Morgan fingerprint density at radius 1 is 1.29 bits per heavy atom. The van der Waals surface area contributed by atoms with Crippen molar-refractivity contribution in [1.29, 1.82) is 5.26 Å². The predicted molar refractivity (Wildman–Crippen MR) is 63.0 cm³/mol. The smallest absolute Gasteiger partial charge is 0.256 e. The average molecular weight is 246 g/mol. The Morgan fingerprint density at radius 3 is 2.82 bits per heavy atom. The van der Waals surface area contributed by atoms with Crippen LogP contribution in [-0.4, -0.2) is 9.97 Å². The molecule has 1 heterocycles. The van der Waals surface area contributed by atoms with E-state index >= 15 is 0 Å². The van der Waals surface area contributed by atoms with Gasteiger partial charge in [-0.05, 0) is 24.6 Å². The number of ether oxygens (including phenoxy) is 1. The quantitative estimate of drug-likeness (QED) is 0.816. The number of benzene rings is 1. The first-order chi connectivity index (χ1) is 8.20. The molecule has 0 spiro atoms. The molecule has 0 fully saturated rings. The van der Waals surface area contributed by atoms with E-state index in [1.165, 1.54) is 12.4 Å². The van der Waals surface area contributed by atoms with Gasteiger partial charge in [-0.2, -0.15) is 5.26 Å². The highest BCUT2D eigenvalue weighted by Gasteiger charge is 2.09.